The summed E-state index contributed by atoms with van der Waals surface area (Å²) in [5.41, 5.74) is -1.06. The highest BCUT2D eigenvalue weighted by Crippen LogP contribution is 2.20. The Kier molecular flexibility index (Phi) is 4.75. The molecule has 0 aliphatic rings. The smallest absolute Gasteiger partial charge is 0.353 e. The van der Waals surface area contributed by atoms with Gasteiger partial charge >= 0.3 is 5.97 Å². The zero-order valence-electron chi connectivity index (χ0n) is 13.6. The molecule has 0 bridgehead atoms. The van der Waals surface area contributed by atoms with Crippen molar-refractivity contribution in [1.82, 2.24) is 24.6 Å². The number of aromatic carboxylic acids is 1. The normalized spacial score (nSPS) is 12.1. The van der Waals surface area contributed by atoms with Gasteiger partial charge in [0.1, 0.15) is 11.5 Å². The number of ketones is 1. The monoisotopic (exact) mass is 407 g/mol. The number of carboxylic acid groups (broad SMARTS) is 1. The van der Waals surface area contributed by atoms with Gasteiger partial charge in [-0.05, 0) is 35.5 Å². The first-order chi connectivity index (χ1) is 13.2. The number of tetrazole rings is 1. The molecule has 0 saturated heterocycles. The second kappa shape index (κ2) is 7.03. The van der Waals surface area contributed by atoms with Crippen LogP contribution in [0.25, 0.3) is 5.76 Å². The third kappa shape index (κ3) is 3.50. The summed E-state index contributed by atoms with van der Waals surface area (Å²) in [5.74, 6) is -4.15. The SMILES string of the molecule is O=C(C=C(O)c1nn[nH]n1)c1cc(C(=O)O)n(S(=O)(=O)c2ccc(F)cc2)c1. The fourth-order valence-electron chi connectivity index (χ4n) is 2.20. The first-order valence-corrected chi connectivity index (χ1v) is 8.80. The summed E-state index contributed by atoms with van der Waals surface area (Å²) in [4.78, 5) is 23.3. The van der Waals surface area contributed by atoms with Gasteiger partial charge in [-0.2, -0.15) is 5.21 Å². The quantitative estimate of drug-likeness (QED) is 0.305. The number of nitrogens with zero attached hydrogens (tertiary/aromatic N) is 4. The maximum atomic E-state index is 13.0. The molecule has 0 atom stereocenters. The minimum atomic E-state index is -4.42. The molecular formula is C15H10FN5O6S. The number of aromatic amines is 1. The fraction of sp³-hybridized carbons (Fsp3) is 0. The first-order valence-electron chi connectivity index (χ1n) is 7.36. The van der Waals surface area contributed by atoms with Crippen LogP contribution in [-0.2, 0) is 10.0 Å². The molecule has 0 spiro atoms. The van der Waals surface area contributed by atoms with Crippen molar-refractivity contribution in [1.29, 1.82) is 0 Å². The summed E-state index contributed by atoms with van der Waals surface area (Å²) in [6.07, 6.45) is 1.46. The van der Waals surface area contributed by atoms with Gasteiger partial charge in [0.15, 0.2) is 11.5 Å². The van der Waals surface area contributed by atoms with E-state index in [2.05, 4.69) is 20.6 Å². The molecule has 2 aromatic heterocycles. The van der Waals surface area contributed by atoms with Crippen molar-refractivity contribution < 1.29 is 32.6 Å². The van der Waals surface area contributed by atoms with E-state index in [1.165, 1.54) is 0 Å². The number of carbonyl (C=O) groups is 2. The number of hydrogen-bond acceptors (Lipinski definition) is 8. The number of carboxylic acids is 1. The largest absolute Gasteiger partial charge is 0.504 e. The molecule has 0 aliphatic heterocycles. The van der Waals surface area contributed by atoms with Crippen LogP contribution >= 0.6 is 0 Å². The zero-order chi connectivity index (χ0) is 20.5. The number of carbonyl (C=O) groups excluding carboxylic acids is 1. The van der Waals surface area contributed by atoms with Gasteiger partial charge in [-0.3, -0.25) is 4.79 Å². The molecule has 0 saturated carbocycles. The lowest BCUT2D eigenvalue weighted by Crippen LogP contribution is -2.17. The maximum absolute atomic E-state index is 13.0. The van der Waals surface area contributed by atoms with E-state index in [0.29, 0.717) is 10.0 Å². The molecule has 0 unspecified atom stereocenters. The van der Waals surface area contributed by atoms with Crippen LogP contribution in [0.5, 0.6) is 0 Å². The van der Waals surface area contributed by atoms with E-state index >= 15 is 0 Å². The first kappa shape index (κ1) is 18.9. The van der Waals surface area contributed by atoms with E-state index in [1.807, 2.05) is 0 Å². The van der Waals surface area contributed by atoms with E-state index in [1.54, 1.807) is 0 Å². The number of aliphatic hydroxyl groups excluding tert-OH is 1. The molecule has 144 valence electrons. The third-order valence-electron chi connectivity index (χ3n) is 3.50. The van der Waals surface area contributed by atoms with E-state index in [0.717, 1.165) is 36.5 Å². The lowest BCUT2D eigenvalue weighted by atomic mass is 10.2. The van der Waals surface area contributed by atoms with Gasteiger partial charge in [0, 0.05) is 17.8 Å². The van der Waals surface area contributed by atoms with Crippen LogP contribution in [0.1, 0.15) is 26.7 Å². The number of hydrogen-bond donors (Lipinski definition) is 3. The van der Waals surface area contributed by atoms with Crippen LogP contribution in [0.2, 0.25) is 0 Å². The fourth-order valence-corrected chi connectivity index (χ4v) is 3.55. The third-order valence-corrected chi connectivity index (χ3v) is 5.19. The Hall–Kier alpha value is -3.87. The van der Waals surface area contributed by atoms with Crippen LogP contribution < -0.4 is 0 Å². The average Bonchev–Trinajstić information content (AvgIpc) is 3.32. The van der Waals surface area contributed by atoms with Gasteiger partial charge in [-0.1, -0.05) is 0 Å². The molecule has 0 fully saturated rings. The minimum Gasteiger partial charge on any atom is -0.504 e. The number of aliphatic hydroxyl groups is 1. The Labute approximate surface area is 155 Å². The molecule has 3 N–H and O–H groups in total. The number of aromatic nitrogens is 5. The molecule has 3 aromatic rings. The van der Waals surface area contributed by atoms with Crippen molar-refractivity contribution >= 4 is 27.5 Å². The second-order valence-electron chi connectivity index (χ2n) is 5.30. The number of allylic oxidation sites excluding steroid dienone is 1. The highest BCUT2D eigenvalue weighted by atomic mass is 32.2. The zero-order valence-corrected chi connectivity index (χ0v) is 14.5. The molecule has 11 nitrogen and oxygen atoms in total. The lowest BCUT2D eigenvalue weighted by molar-refractivity contribution is 0.0689. The summed E-state index contributed by atoms with van der Waals surface area (Å²) in [6, 6.07) is 4.54. The Morgan fingerprint density at radius 1 is 1.18 bits per heavy atom. The summed E-state index contributed by atoms with van der Waals surface area (Å²) in [5, 5.41) is 31.2. The van der Waals surface area contributed by atoms with Crippen molar-refractivity contribution in [3.05, 3.63) is 65.5 Å². The number of H-pyrrole nitrogens is 1. The van der Waals surface area contributed by atoms with Gasteiger partial charge in [0.25, 0.3) is 10.0 Å². The average molecular weight is 407 g/mol. The van der Waals surface area contributed by atoms with Gasteiger partial charge in [0.2, 0.25) is 5.82 Å². The van der Waals surface area contributed by atoms with Crippen molar-refractivity contribution in [2.24, 2.45) is 0 Å². The summed E-state index contributed by atoms with van der Waals surface area (Å²) in [6.45, 7) is 0. The van der Waals surface area contributed by atoms with Gasteiger partial charge in [-0.25, -0.2) is 21.6 Å². The molecule has 0 aliphatic carbocycles. The molecule has 0 amide bonds. The highest BCUT2D eigenvalue weighted by Gasteiger charge is 2.26. The van der Waals surface area contributed by atoms with Crippen LogP contribution in [0.15, 0.2) is 47.5 Å². The van der Waals surface area contributed by atoms with Crippen molar-refractivity contribution in [3.8, 4) is 0 Å². The minimum absolute atomic E-state index is 0.287. The Morgan fingerprint density at radius 2 is 1.86 bits per heavy atom. The van der Waals surface area contributed by atoms with Crippen molar-refractivity contribution in [3.63, 3.8) is 0 Å². The van der Waals surface area contributed by atoms with Crippen LogP contribution in [0.4, 0.5) is 4.39 Å². The molecule has 0 radical (unpaired) electrons. The number of nitrogens with one attached hydrogen (secondary N) is 1. The van der Waals surface area contributed by atoms with E-state index < -0.39 is 39.0 Å². The van der Waals surface area contributed by atoms with E-state index in [-0.39, 0.29) is 16.3 Å². The second-order valence-corrected chi connectivity index (χ2v) is 7.12. The van der Waals surface area contributed by atoms with Crippen molar-refractivity contribution in [2.45, 2.75) is 4.90 Å². The predicted molar refractivity (Wildman–Crippen MR) is 89.5 cm³/mol. The highest BCUT2D eigenvalue weighted by molar-refractivity contribution is 7.90. The Bertz CT molecular complexity index is 1180. The van der Waals surface area contributed by atoms with Crippen LogP contribution in [-0.4, -0.2) is 55.0 Å². The van der Waals surface area contributed by atoms with Crippen LogP contribution in [0.3, 0.4) is 0 Å². The van der Waals surface area contributed by atoms with E-state index in [9.17, 15) is 32.6 Å². The molecule has 2 heterocycles. The van der Waals surface area contributed by atoms with Gasteiger partial charge in [0.05, 0.1) is 4.90 Å². The lowest BCUT2D eigenvalue weighted by Gasteiger charge is -2.07. The van der Waals surface area contributed by atoms with Gasteiger partial charge in [-0.15, -0.1) is 10.2 Å². The number of halogens is 1. The standard InChI is InChI=1S/C15H10FN5O6S/c16-9-1-3-10(4-2-9)28(26,27)21-7-8(5-11(21)15(24)25)12(22)6-13(23)14-17-19-20-18-14/h1-7,23H,(H,24,25)(H,17,18,19,20). The predicted octanol–water partition coefficient (Wildman–Crippen LogP) is 0.857. The van der Waals surface area contributed by atoms with Crippen molar-refractivity contribution in [2.75, 3.05) is 0 Å². The molecule has 1 aromatic carbocycles. The molecule has 28 heavy (non-hydrogen) atoms. The summed E-state index contributed by atoms with van der Waals surface area (Å²) in [7, 11) is -4.42. The topological polar surface area (TPSA) is 168 Å². The molecule has 3 rings (SSSR count). The maximum Gasteiger partial charge on any atom is 0.353 e. The van der Waals surface area contributed by atoms with Crippen LogP contribution in [0, 0.1) is 5.82 Å². The Balaban J connectivity index is 2.05. The summed E-state index contributed by atoms with van der Waals surface area (Å²) < 4.78 is 38.8. The summed E-state index contributed by atoms with van der Waals surface area (Å²) >= 11 is 0. The Morgan fingerprint density at radius 3 is 2.43 bits per heavy atom. The van der Waals surface area contributed by atoms with E-state index in [4.69, 9.17) is 0 Å². The van der Waals surface area contributed by atoms with Gasteiger partial charge < -0.3 is 10.2 Å². The molecule has 13 heteroatoms. The number of rotatable bonds is 6. The molecular weight excluding hydrogens is 397 g/mol. The number of benzene rings is 1.